The van der Waals surface area contributed by atoms with E-state index in [1.807, 2.05) is 0 Å². The number of fused-ring (bicyclic) bond motifs is 1. The molecule has 0 fully saturated rings. The van der Waals surface area contributed by atoms with Gasteiger partial charge in [0.25, 0.3) is 5.56 Å². The molecule has 0 aliphatic rings. The highest BCUT2D eigenvalue weighted by atomic mass is 79.9. The fraction of sp³-hybridized carbons (Fsp3) is 0.200. The third kappa shape index (κ3) is 1.41. The zero-order chi connectivity index (χ0) is 12.0. The second-order valence-electron chi connectivity index (χ2n) is 3.54. The molecular formula is C10H8BrFN2O2. The van der Waals surface area contributed by atoms with E-state index in [1.165, 1.54) is 0 Å². The van der Waals surface area contributed by atoms with Crippen molar-refractivity contribution in [3.8, 4) is 0 Å². The molecule has 0 aliphatic heterocycles. The van der Waals surface area contributed by atoms with Crippen LogP contribution in [0.25, 0.3) is 10.9 Å². The molecule has 1 aromatic carbocycles. The average Bonchev–Trinajstić information content (AvgIpc) is 2.22. The summed E-state index contributed by atoms with van der Waals surface area (Å²) in [6.07, 6.45) is 0. The highest BCUT2D eigenvalue weighted by Crippen LogP contribution is 2.28. The van der Waals surface area contributed by atoms with Crippen LogP contribution in [0.2, 0.25) is 0 Å². The van der Waals surface area contributed by atoms with E-state index in [0.717, 1.165) is 0 Å². The normalized spacial score (nSPS) is 11.0. The molecule has 2 N–H and O–H groups in total. The number of benzene rings is 1. The number of aryl methyl sites for hydroxylation is 1. The Balaban J connectivity index is 3.21. The van der Waals surface area contributed by atoms with Gasteiger partial charge in [0.05, 0.1) is 15.4 Å². The van der Waals surface area contributed by atoms with E-state index in [-0.39, 0.29) is 15.4 Å². The largest absolute Gasteiger partial charge is 0.326 e. The maximum Gasteiger partial charge on any atom is 0.326 e. The van der Waals surface area contributed by atoms with Gasteiger partial charge >= 0.3 is 5.69 Å². The number of aromatic amines is 2. The number of rotatable bonds is 0. The molecule has 0 saturated heterocycles. The lowest BCUT2D eigenvalue weighted by Gasteiger charge is -2.08. The molecule has 2 rings (SSSR count). The molecule has 4 nitrogen and oxygen atoms in total. The van der Waals surface area contributed by atoms with Gasteiger partial charge in [-0.3, -0.25) is 9.78 Å². The van der Waals surface area contributed by atoms with Crippen LogP contribution in [-0.2, 0) is 0 Å². The number of hydrogen-bond donors (Lipinski definition) is 2. The molecular weight excluding hydrogens is 279 g/mol. The summed E-state index contributed by atoms with van der Waals surface area (Å²) in [5, 5.41) is 0.179. The molecule has 1 aromatic heterocycles. The molecule has 0 atom stereocenters. The van der Waals surface area contributed by atoms with Gasteiger partial charge in [0, 0.05) is 0 Å². The standard InChI is InChI=1S/C10H8BrFN2O2/c1-3-4(2)6(11)7(12)8-5(3)9(15)14-10(16)13-8/h1-2H3,(H2,13,14,15,16). The minimum absolute atomic E-state index is 0.0660. The molecule has 0 spiro atoms. The second kappa shape index (κ2) is 3.55. The Morgan fingerprint density at radius 1 is 1.12 bits per heavy atom. The van der Waals surface area contributed by atoms with Gasteiger partial charge in [-0.05, 0) is 40.9 Å². The first-order valence-corrected chi connectivity index (χ1v) is 5.33. The lowest BCUT2D eigenvalue weighted by molar-refractivity contribution is 0.627. The van der Waals surface area contributed by atoms with Gasteiger partial charge < -0.3 is 4.98 Å². The van der Waals surface area contributed by atoms with Gasteiger partial charge in [0.1, 0.15) is 0 Å². The van der Waals surface area contributed by atoms with Crippen molar-refractivity contribution in [1.82, 2.24) is 9.97 Å². The number of hydrogen-bond acceptors (Lipinski definition) is 2. The Morgan fingerprint density at radius 3 is 2.38 bits per heavy atom. The van der Waals surface area contributed by atoms with Crippen molar-refractivity contribution < 1.29 is 4.39 Å². The third-order valence-corrected chi connectivity index (χ3v) is 3.56. The van der Waals surface area contributed by atoms with E-state index in [1.54, 1.807) is 13.8 Å². The van der Waals surface area contributed by atoms with Crippen molar-refractivity contribution in [2.24, 2.45) is 0 Å². The summed E-state index contributed by atoms with van der Waals surface area (Å²) in [6, 6.07) is 0. The summed E-state index contributed by atoms with van der Waals surface area (Å²) in [4.78, 5) is 27.0. The Morgan fingerprint density at radius 2 is 1.75 bits per heavy atom. The molecule has 0 aliphatic carbocycles. The quantitative estimate of drug-likeness (QED) is 0.775. The molecule has 0 saturated carbocycles. The van der Waals surface area contributed by atoms with E-state index in [9.17, 15) is 14.0 Å². The van der Waals surface area contributed by atoms with Gasteiger partial charge in [-0.15, -0.1) is 0 Å². The van der Waals surface area contributed by atoms with Crippen molar-refractivity contribution in [3.05, 3.63) is 42.3 Å². The predicted molar refractivity (Wildman–Crippen MR) is 62.3 cm³/mol. The fourth-order valence-corrected chi connectivity index (χ4v) is 2.13. The Hall–Kier alpha value is -1.43. The third-order valence-electron chi connectivity index (χ3n) is 2.62. The smallest absolute Gasteiger partial charge is 0.304 e. The summed E-state index contributed by atoms with van der Waals surface area (Å²) in [5.41, 5.74) is -0.0793. The van der Waals surface area contributed by atoms with Crippen LogP contribution in [-0.4, -0.2) is 9.97 Å². The fourth-order valence-electron chi connectivity index (χ4n) is 1.64. The van der Waals surface area contributed by atoms with Gasteiger partial charge in [-0.1, -0.05) is 0 Å². The van der Waals surface area contributed by atoms with Crippen molar-refractivity contribution in [3.63, 3.8) is 0 Å². The molecule has 16 heavy (non-hydrogen) atoms. The lowest BCUT2D eigenvalue weighted by Crippen LogP contribution is -2.23. The van der Waals surface area contributed by atoms with Crippen LogP contribution >= 0.6 is 15.9 Å². The maximum atomic E-state index is 13.8. The monoisotopic (exact) mass is 286 g/mol. The first-order valence-electron chi connectivity index (χ1n) is 4.54. The van der Waals surface area contributed by atoms with Crippen molar-refractivity contribution in [2.75, 3.05) is 0 Å². The van der Waals surface area contributed by atoms with E-state index in [4.69, 9.17) is 0 Å². The van der Waals surface area contributed by atoms with Crippen molar-refractivity contribution in [2.45, 2.75) is 13.8 Å². The van der Waals surface area contributed by atoms with Gasteiger partial charge in [-0.2, -0.15) is 0 Å². The zero-order valence-electron chi connectivity index (χ0n) is 8.57. The molecule has 84 valence electrons. The van der Waals surface area contributed by atoms with Crippen LogP contribution in [0.3, 0.4) is 0 Å². The number of H-pyrrole nitrogens is 2. The molecule has 0 bridgehead atoms. The summed E-state index contributed by atoms with van der Waals surface area (Å²) in [6.45, 7) is 3.40. The van der Waals surface area contributed by atoms with Gasteiger partial charge in [-0.25, -0.2) is 9.18 Å². The SMILES string of the molecule is Cc1c(Br)c(F)c2[nH]c(=O)[nH]c(=O)c2c1C. The van der Waals surface area contributed by atoms with Gasteiger partial charge in [0.2, 0.25) is 0 Å². The topological polar surface area (TPSA) is 65.7 Å². The highest BCUT2D eigenvalue weighted by molar-refractivity contribution is 9.10. The minimum Gasteiger partial charge on any atom is -0.304 e. The summed E-state index contributed by atoms with van der Waals surface area (Å²) in [7, 11) is 0. The average molecular weight is 287 g/mol. The van der Waals surface area contributed by atoms with Gasteiger partial charge in [0.15, 0.2) is 5.82 Å². The number of aromatic nitrogens is 2. The molecule has 0 unspecified atom stereocenters. The summed E-state index contributed by atoms with van der Waals surface area (Å²) < 4.78 is 14.1. The van der Waals surface area contributed by atoms with Crippen LogP contribution in [0.5, 0.6) is 0 Å². The van der Waals surface area contributed by atoms with Crippen LogP contribution in [0, 0.1) is 19.7 Å². The molecule has 6 heteroatoms. The lowest BCUT2D eigenvalue weighted by atomic mass is 10.0. The van der Waals surface area contributed by atoms with E-state index in [2.05, 4.69) is 25.9 Å². The van der Waals surface area contributed by atoms with Crippen LogP contribution in [0.4, 0.5) is 4.39 Å². The Kier molecular flexibility index (Phi) is 2.46. The molecule has 1 heterocycles. The molecule has 2 aromatic rings. The van der Waals surface area contributed by atoms with Crippen LogP contribution in [0.1, 0.15) is 11.1 Å². The summed E-state index contributed by atoms with van der Waals surface area (Å²) in [5.74, 6) is -0.624. The van der Waals surface area contributed by atoms with Crippen molar-refractivity contribution >= 4 is 26.8 Å². The van der Waals surface area contributed by atoms with E-state index < -0.39 is 17.1 Å². The first kappa shape index (κ1) is 11.1. The molecule has 0 amide bonds. The predicted octanol–water partition coefficient (Wildman–Crippen LogP) is 1.73. The van der Waals surface area contributed by atoms with E-state index >= 15 is 0 Å². The number of halogens is 2. The Bertz CT molecular complexity index is 703. The maximum absolute atomic E-state index is 13.8. The van der Waals surface area contributed by atoms with Crippen LogP contribution < -0.4 is 11.2 Å². The van der Waals surface area contributed by atoms with Crippen LogP contribution in [0.15, 0.2) is 14.1 Å². The highest BCUT2D eigenvalue weighted by Gasteiger charge is 2.15. The van der Waals surface area contributed by atoms with E-state index in [0.29, 0.717) is 11.1 Å². The zero-order valence-corrected chi connectivity index (χ0v) is 10.2. The summed E-state index contributed by atoms with van der Waals surface area (Å²) >= 11 is 3.09. The molecule has 0 radical (unpaired) electrons. The second-order valence-corrected chi connectivity index (χ2v) is 4.33. The Labute approximate surface area is 97.6 Å². The minimum atomic E-state index is -0.716. The number of nitrogens with one attached hydrogen (secondary N) is 2. The first-order chi connectivity index (χ1) is 7.43. The van der Waals surface area contributed by atoms with Crippen molar-refractivity contribution in [1.29, 1.82) is 0 Å².